The molecule has 0 aromatic heterocycles. The minimum absolute atomic E-state index is 0.0486. The van der Waals surface area contributed by atoms with Crippen molar-refractivity contribution in [2.75, 3.05) is 30.7 Å². The Morgan fingerprint density at radius 3 is 2.45 bits per heavy atom. The van der Waals surface area contributed by atoms with Gasteiger partial charge in [0, 0.05) is 23.9 Å². The maximum absolute atomic E-state index is 15.0. The van der Waals surface area contributed by atoms with E-state index in [9.17, 15) is 23.6 Å². The van der Waals surface area contributed by atoms with Crippen LogP contribution in [0.15, 0.2) is 91.0 Å². The van der Waals surface area contributed by atoms with Crippen molar-refractivity contribution in [3.63, 3.8) is 0 Å². The first-order chi connectivity index (χ1) is 21.3. The summed E-state index contributed by atoms with van der Waals surface area (Å²) in [5.74, 6) is -1.98. The Bertz CT molecular complexity index is 1780. The van der Waals surface area contributed by atoms with Crippen LogP contribution in [0.5, 0.6) is 17.2 Å². The lowest BCUT2D eigenvalue weighted by Gasteiger charge is -2.33. The molecule has 44 heavy (non-hydrogen) atoms. The first-order valence-electron chi connectivity index (χ1n) is 13.7. The number of fused-ring (bicyclic) bond motifs is 2. The zero-order valence-corrected chi connectivity index (χ0v) is 23.5. The topological polar surface area (TPSA) is 114 Å². The van der Waals surface area contributed by atoms with E-state index in [2.05, 4.69) is 5.32 Å². The molecule has 0 bridgehead atoms. The Balaban J connectivity index is 1.40. The fourth-order valence-corrected chi connectivity index (χ4v) is 5.21. The number of carbonyl (C=O) groups is 4. The van der Waals surface area contributed by atoms with Gasteiger partial charge in [0.1, 0.15) is 24.2 Å². The molecule has 222 valence electrons. The quantitative estimate of drug-likeness (QED) is 0.284. The highest BCUT2D eigenvalue weighted by atomic mass is 19.1. The van der Waals surface area contributed by atoms with Gasteiger partial charge in [-0.15, -0.1) is 0 Å². The molecule has 1 atom stereocenters. The molecule has 4 aromatic carbocycles. The third-order valence-corrected chi connectivity index (χ3v) is 7.42. The number of nitrogens with one attached hydrogen (secondary N) is 1. The molecule has 0 aliphatic carbocycles. The largest absolute Gasteiger partial charge is 0.497 e. The lowest BCUT2D eigenvalue weighted by atomic mass is 10.0. The van der Waals surface area contributed by atoms with Gasteiger partial charge >= 0.3 is 0 Å². The Morgan fingerprint density at radius 2 is 1.68 bits per heavy atom. The third-order valence-electron chi connectivity index (χ3n) is 7.42. The Morgan fingerprint density at radius 1 is 0.955 bits per heavy atom. The van der Waals surface area contributed by atoms with Gasteiger partial charge in [0.05, 0.1) is 18.4 Å². The number of amides is 3. The van der Waals surface area contributed by atoms with Crippen LogP contribution in [0.2, 0.25) is 0 Å². The highest BCUT2D eigenvalue weighted by Crippen LogP contribution is 2.36. The number of ether oxygens (including phenoxy) is 3. The number of carbonyl (C=O) groups excluding carboxylic acids is 4. The number of ketones is 1. The molecule has 2 heterocycles. The molecular weight excluding hydrogens is 569 g/mol. The minimum Gasteiger partial charge on any atom is -0.497 e. The van der Waals surface area contributed by atoms with E-state index in [1.165, 1.54) is 36.3 Å². The van der Waals surface area contributed by atoms with Gasteiger partial charge in [-0.05, 0) is 48.0 Å². The number of para-hydroxylation sites is 1. The van der Waals surface area contributed by atoms with E-state index < -0.39 is 41.9 Å². The summed E-state index contributed by atoms with van der Waals surface area (Å²) in [6.07, 6.45) is 0. The van der Waals surface area contributed by atoms with Gasteiger partial charge in [-0.3, -0.25) is 24.1 Å². The molecule has 0 saturated carbocycles. The number of methoxy groups -OCH3 is 1. The fraction of sp³-hybridized carbons (Fsp3) is 0.152. The maximum Gasteiger partial charge on any atom is 0.299 e. The maximum atomic E-state index is 15.0. The highest BCUT2D eigenvalue weighted by Gasteiger charge is 2.39. The van der Waals surface area contributed by atoms with E-state index in [0.29, 0.717) is 28.5 Å². The molecule has 0 radical (unpaired) electrons. The smallest absolute Gasteiger partial charge is 0.299 e. The number of halogens is 1. The van der Waals surface area contributed by atoms with Crippen molar-refractivity contribution in [1.82, 2.24) is 4.90 Å². The first kappa shape index (κ1) is 28.4. The van der Waals surface area contributed by atoms with Gasteiger partial charge in [-0.25, -0.2) is 4.39 Å². The second kappa shape index (κ2) is 11.9. The summed E-state index contributed by atoms with van der Waals surface area (Å²) >= 11 is 0. The predicted molar refractivity (Wildman–Crippen MR) is 157 cm³/mol. The standard InChI is InChI=1S/C33H26FN3O7/c1-42-23-13-10-20(11-14-23)30(32(40)35-22-12-15-27-28(16-22)44-19-43-27)37(17-21-6-2-4-8-25(21)34)29(38)18-36-26-9-5-3-7-24(26)31(39)33(36)41/h2-16,30H,17-19H2,1H3,(H,35,40). The van der Waals surface area contributed by atoms with Crippen LogP contribution in [0.3, 0.4) is 0 Å². The number of anilines is 2. The first-order valence-corrected chi connectivity index (χ1v) is 13.7. The number of Topliss-reactive ketones (excluding diaryl/α,β-unsaturated/α-hetero) is 1. The van der Waals surface area contributed by atoms with Crippen LogP contribution in [0.4, 0.5) is 15.8 Å². The summed E-state index contributed by atoms with van der Waals surface area (Å²) in [7, 11) is 1.50. The van der Waals surface area contributed by atoms with Gasteiger partial charge in [-0.2, -0.15) is 0 Å². The second-order valence-corrected chi connectivity index (χ2v) is 10.1. The van der Waals surface area contributed by atoms with Crippen molar-refractivity contribution in [2.45, 2.75) is 12.6 Å². The van der Waals surface area contributed by atoms with Crippen LogP contribution in [0, 0.1) is 5.82 Å². The number of hydrogen-bond acceptors (Lipinski definition) is 7. The molecule has 1 unspecified atom stereocenters. The van der Waals surface area contributed by atoms with Crippen LogP contribution in [0.1, 0.15) is 27.5 Å². The summed E-state index contributed by atoms with van der Waals surface area (Å²) in [5.41, 5.74) is 1.40. The number of hydrogen-bond donors (Lipinski definition) is 1. The molecule has 1 N–H and O–H groups in total. The molecular formula is C33H26FN3O7. The minimum atomic E-state index is -1.29. The van der Waals surface area contributed by atoms with Crippen LogP contribution >= 0.6 is 0 Å². The monoisotopic (exact) mass is 595 g/mol. The van der Waals surface area contributed by atoms with Gasteiger partial charge in [0.25, 0.3) is 17.6 Å². The van der Waals surface area contributed by atoms with Crippen molar-refractivity contribution in [1.29, 1.82) is 0 Å². The van der Waals surface area contributed by atoms with Crippen molar-refractivity contribution in [3.8, 4) is 17.2 Å². The molecule has 11 heteroatoms. The second-order valence-electron chi connectivity index (χ2n) is 10.1. The summed E-state index contributed by atoms with van der Waals surface area (Å²) in [6.45, 7) is -0.818. The third kappa shape index (κ3) is 5.42. The molecule has 3 amide bonds. The van der Waals surface area contributed by atoms with Gasteiger partial charge < -0.3 is 24.4 Å². The zero-order valence-electron chi connectivity index (χ0n) is 23.5. The van der Waals surface area contributed by atoms with E-state index in [0.717, 1.165) is 4.90 Å². The zero-order chi connectivity index (χ0) is 30.8. The number of benzene rings is 4. The Labute approximate surface area is 251 Å². The van der Waals surface area contributed by atoms with E-state index >= 15 is 0 Å². The predicted octanol–water partition coefficient (Wildman–Crippen LogP) is 4.50. The SMILES string of the molecule is COc1ccc(C(C(=O)Nc2ccc3c(c2)OCO3)N(Cc2ccccc2F)C(=O)CN2C(=O)C(=O)c3ccccc32)cc1. The van der Waals surface area contributed by atoms with Crippen LogP contribution < -0.4 is 24.4 Å². The summed E-state index contributed by atoms with van der Waals surface area (Å²) in [4.78, 5) is 56.1. The van der Waals surface area contributed by atoms with Gasteiger partial charge in [-0.1, -0.05) is 42.5 Å². The number of nitrogens with zero attached hydrogens (tertiary/aromatic N) is 2. The molecule has 6 rings (SSSR count). The summed E-state index contributed by atoms with van der Waals surface area (Å²) in [6, 6.07) is 22.4. The van der Waals surface area contributed by atoms with Crippen molar-refractivity contribution in [3.05, 3.63) is 114 Å². The van der Waals surface area contributed by atoms with Gasteiger partial charge in [0.15, 0.2) is 11.5 Å². The summed E-state index contributed by atoms with van der Waals surface area (Å²) in [5, 5.41) is 2.83. The van der Waals surface area contributed by atoms with E-state index in [1.807, 2.05) is 0 Å². The number of rotatable bonds is 9. The van der Waals surface area contributed by atoms with E-state index in [4.69, 9.17) is 14.2 Å². The summed E-state index contributed by atoms with van der Waals surface area (Å²) < 4.78 is 31.0. The van der Waals surface area contributed by atoms with Crippen molar-refractivity contribution in [2.24, 2.45) is 0 Å². The molecule has 4 aromatic rings. The average molecular weight is 596 g/mol. The average Bonchev–Trinajstić information content (AvgIpc) is 3.60. The molecule has 2 aliphatic heterocycles. The van der Waals surface area contributed by atoms with E-state index in [-0.39, 0.29) is 30.2 Å². The van der Waals surface area contributed by atoms with Crippen LogP contribution in [0.25, 0.3) is 0 Å². The normalized spacial score (nSPS) is 13.8. The Hall–Kier alpha value is -5.71. The van der Waals surface area contributed by atoms with Crippen LogP contribution in [-0.4, -0.2) is 48.9 Å². The molecule has 0 spiro atoms. The van der Waals surface area contributed by atoms with Crippen LogP contribution in [-0.2, 0) is 20.9 Å². The lowest BCUT2D eigenvalue weighted by molar-refractivity contribution is -0.139. The van der Waals surface area contributed by atoms with Gasteiger partial charge in [0.2, 0.25) is 12.7 Å². The van der Waals surface area contributed by atoms with Crippen molar-refractivity contribution >= 4 is 34.9 Å². The highest BCUT2D eigenvalue weighted by molar-refractivity contribution is 6.52. The van der Waals surface area contributed by atoms with Crippen molar-refractivity contribution < 1.29 is 37.8 Å². The molecule has 2 aliphatic rings. The Kier molecular flexibility index (Phi) is 7.67. The van der Waals surface area contributed by atoms with E-state index in [1.54, 1.807) is 66.7 Å². The molecule has 0 fully saturated rings. The molecule has 10 nitrogen and oxygen atoms in total. The fourth-order valence-electron chi connectivity index (χ4n) is 5.21. The molecule has 0 saturated heterocycles. The lowest BCUT2D eigenvalue weighted by Crippen LogP contribution is -2.46.